The predicted molar refractivity (Wildman–Crippen MR) is 115 cm³/mol. The minimum atomic E-state index is -4.91. The summed E-state index contributed by atoms with van der Waals surface area (Å²) in [5.74, 6) is -2.15. The zero-order valence-electron chi connectivity index (χ0n) is 16.5. The first-order valence-corrected chi connectivity index (χ1v) is 10.8. The average Bonchev–Trinajstić information content (AvgIpc) is 3.19. The molecule has 1 saturated carbocycles. The van der Waals surface area contributed by atoms with Crippen LogP contribution in [0.2, 0.25) is 0 Å². The van der Waals surface area contributed by atoms with Crippen LogP contribution in [0.15, 0.2) is 51.9 Å². The van der Waals surface area contributed by atoms with Crippen LogP contribution in [0.5, 0.6) is 5.75 Å². The van der Waals surface area contributed by atoms with Crippen molar-refractivity contribution in [2.45, 2.75) is 26.8 Å². The molecule has 166 valence electrons. The van der Waals surface area contributed by atoms with E-state index in [1.54, 1.807) is 0 Å². The lowest BCUT2D eigenvalue weighted by atomic mass is 10.0. The molecule has 2 aromatic rings. The Hall–Kier alpha value is -1.87. The van der Waals surface area contributed by atoms with Gasteiger partial charge >= 0.3 is 12.3 Å². The summed E-state index contributed by atoms with van der Waals surface area (Å²) in [5.41, 5.74) is -0.372. The van der Waals surface area contributed by atoms with E-state index in [1.807, 2.05) is 19.9 Å². The molecule has 3 rings (SSSR count). The van der Waals surface area contributed by atoms with Crippen LogP contribution in [0.1, 0.15) is 19.4 Å². The molecule has 9 heteroatoms. The fraction of sp³-hybridized carbons (Fsp3) is 0.318. The maximum atomic E-state index is 15.1. The van der Waals surface area contributed by atoms with Crippen molar-refractivity contribution in [1.82, 2.24) is 0 Å². The number of halogens is 6. The molecule has 0 aromatic heterocycles. The molecular formula is C22H18Br2F4O3. The summed E-state index contributed by atoms with van der Waals surface area (Å²) in [7, 11) is 0. The number of benzene rings is 2. The van der Waals surface area contributed by atoms with Crippen LogP contribution >= 0.6 is 31.9 Å². The molecule has 0 bridgehead atoms. The molecule has 1 aliphatic carbocycles. The van der Waals surface area contributed by atoms with E-state index in [4.69, 9.17) is 4.74 Å². The first kappa shape index (κ1) is 23.8. The van der Waals surface area contributed by atoms with Gasteiger partial charge in [-0.3, -0.25) is 4.79 Å². The van der Waals surface area contributed by atoms with Crippen molar-refractivity contribution in [2.24, 2.45) is 17.3 Å². The minimum Gasteiger partial charge on any atom is -0.460 e. The zero-order valence-corrected chi connectivity index (χ0v) is 19.6. The molecule has 0 aliphatic heterocycles. The standard InChI is InChI=1S/C22H18Br2F4O3/c1-21(2)15(10-17(23)24)18(21)20(29)30-11-12-6-5-8-14(19(12)25)13-7-3-4-9-16(13)31-22(26,27)28/h3-10,15,18H,11H2,1-2H3. The van der Waals surface area contributed by atoms with E-state index in [2.05, 4.69) is 36.6 Å². The third-order valence-electron chi connectivity index (χ3n) is 5.32. The Bertz CT molecular complexity index is 1010. The highest BCUT2D eigenvalue weighted by Gasteiger charge is 2.61. The average molecular weight is 566 g/mol. The van der Waals surface area contributed by atoms with Crippen LogP contribution in [0.3, 0.4) is 0 Å². The maximum Gasteiger partial charge on any atom is 0.573 e. The molecule has 0 spiro atoms. The van der Waals surface area contributed by atoms with Crippen LogP contribution in [-0.2, 0) is 16.1 Å². The molecular weight excluding hydrogens is 548 g/mol. The fourth-order valence-electron chi connectivity index (χ4n) is 3.62. The third-order valence-corrected chi connectivity index (χ3v) is 5.85. The van der Waals surface area contributed by atoms with Crippen molar-refractivity contribution in [3.05, 3.63) is 63.3 Å². The monoisotopic (exact) mass is 564 g/mol. The number of alkyl halides is 3. The molecule has 0 radical (unpaired) electrons. The molecule has 2 atom stereocenters. The second kappa shape index (κ2) is 8.94. The number of esters is 1. The molecule has 0 heterocycles. The van der Waals surface area contributed by atoms with Crippen LogP contribution in [0.25, 0.3) is 11.1 Å². The van der Waals surface area contributed by atoms with Gasteiger partial charge in [-0.05, 0) is 49.3 Å². The largest absolute Gasteiger partial charge is 0.573 e. The Morgan fingerprint density at radius 3 is 2.39 bits per heavy atom. The highest BCUT2D eigenvalue weighted by atomic mass is 79.9. The van der Waals surface area contributed by atoms with Gasteiger partial charge < -0.3 is 9.47 Å². The Morgan fingerprint density at radius 2 is 1.74 bits per heavy atom. The Balaban J connectivity index is 1.79. The van der Waals surface area contributed by atoms with E-state index in [9.17, 15) is 18.0 Å². The molecule has 1 aliphatic rings. The highest BCUT2D eigenvalue weighted by molar-refractivity contribution is 9.28. The Labute approximate surface area is 193 Å². The van der Waals surface area contributed by atoms with E-state index in [0.29, 0.717) is 0 Å². The molecule has 0 saturated heterocycles. The number of carbonyl (C=O) groups is 1. The van der Waals surface area contributed by atoms with Gasteiger partial charge in [-0.15, -0.1) is 13.2 Å². The number of carbonyl (C=O) groups excluding carboxylic acids is 1. The fourth-order valence-corrected chi connectivity index (χ4v) is 4.18. The van der Waals surface area contributed by atoms with Gasteiger partial charge in [0.15, 0.2) is 0 Å². The second-order valence-corrected chi connectivity index (χ2v) is 10.5. The molecule has 2 aromatic carbocycles. The van der Waals surface area contributed by atoms with Gasteiger partial charge in [-0.1, -0.05) is 56.3 Å². The predicted octanol–water partition coefficient (Wildman–Crippen LogP) is 7.34. The second-order valence-electron chi connectivity index (χ2n) is 7.71. The summed E-state index contributed by atoms with van der Waals surface area (Å²) in [6, 6.07) is 9.54. The molecule has 0 N–H and O–H groups in total. The maximum absolute atomic E-state index is 15.1. The normalized spacial score (nSPS) is 19.5. The van der Waals surface area contributed by atoms with E-state index in [-0.39, 0.29) is 40.5 Å². The van der Waals surface area contributed by atoms with Crippen molar-refractivity contribution in [3.63, 3.8) is 0 Å². The van der Waals surface area contributed by atoms with Crippen molar-refractivity contribution in [1.29, 1.82) is 0 Å². The zero-order chi connectivity index (χ0) is 23.0. The van der Waals surface area contributed by atoms with E-state index < -0.39 is 23.9 Å². The van der Waals surface area contributed by atoms with Crippen molar-refractivity contribution < 1.29 is 31.8 Å². The summed E-state index contributed by atoms with van der Waals surface area (Å²) in [5, 5.41) is 0. The number of hydrogen-bond donors (Lipinski definition) is 0. The van der Waals surface area contributed by atoms with Gasteiger partial charge in [-0.25, -0.2) is 4.39 Å². The number of ether oxygens (including phenoxy) is 2. The smallest absolute Gasteiger partial charge is 0.460 e. The van der Waals surface area contributed by atoms with Crippen molar-refractivity contribution >= 4 is 37.8 Å². The lowest BCUT2D eigenvalue weighted by molar-refractivity contribution is -0.274. The van der Waals surface area contributed by atoms with Gasteiger partial charge in [0.25, 0.3) is 0 Å². The van der Waals surface area contributed by atoms with E-state index in [1.165, 1.54) is 36.4 Å². The van der Waals surface area contributed by atoms with Gasteiger partial charge in [0.05, 0.1) is 9.31 Å². The summed E-state index contributed by atoms with van der Waals surface area (Å²) in [6.07, 6.45) is -3.05. The molecule has 31 heavy (non-hydrogen) atoms. The topological polar surface area (TPSA) is 35.5 Å². The third kappa shape index (κ3) is 5.49. The summed E-state index contributed by atoms with van der Waals surface area (Å²) >= 11 is 6.56. The van der Waals surface area contributed by atoms with E-state index >= 15 is 4.39 Å². The van der Waals surface area contributed by atoms with Gasteiger partial charge in [0.2, 0.25) is 0 Å². The summed E-state index contributed by atoms with van der Waals surface area (Å²) in [6.45, 7) is 3.53. The lowest BCUT2D eigenvalue weighted by Gasteiger charge is -2.15. The first-order valence-electron chi connectivity index (χ1n) is 9.24. The SMILES string of the molecule is CC1(C)C(C=C(Br)Br)C1C(=O)OCc1cccc(-c2ccccc2OC(F)(F)F)c1F. The number of allylic oxidation sites excluding steroid dienone is 1. The van der Waals surface area contributed by atoms with Crippen LogP contribution in [-0.4, -0.2) is 12.3 Å². The minimum absolute atomic E-state index is 0.0312. The number of rotatable bonds is 6. The number of para-hydroxylation sites is 1. The van der Waals surface area contributed by atoms with Crippen molar-refractivity contribution in [3.8, 4) is 16.9 Å². The number of hydrogen-bond acceptors (Lipinski definition) is 3. The van der Waals surface area contributed by atoms with Crippen LogP contribution in [0, 0.1) is 23.1 Å². The molecule has 1 fully saturated rings. The van der Waals surface area contributed by atoms with Crippen LogP contribution in [0.4, 0.5) is 17.6 Å². The first-order chi connectivity index (χ1) is 14.4. The van der Waals surface area contributed by atoms with Crippen molar-refractivity contribution in [2.75, 3.05) is 0 Å². The Kier molecular flexibility index (Phi) is 6.86. The Morgan fingerprint density at radius 1 is 1.10 bits per heavy atom. The summed E-state index contributed by atoms with van der Waals surface area (Å²) in [4.78, 5) is 12.5. The molecule has 2 unspecified atom stereocenters. The quantitative estimate of drug-likeness (QED) is 0.271. The van der Waals surface area contributed by atoms with E-state index in [0.717, 1.165) is 9.46 Å². The van der Waals surface area contributed by atoms with Gasteiger partial charge in [-0.2, -0.15) is 0 Å². The molecule has 3 nitrogen and oxygen atoms in total. The summed E-state index contributed by atoms with van der Waals surface area (Å²) < 4.78 is 63.3. The lowest BCUT2D eigenvalue weighted by Crippen LogP contribution is -2.17. The van der Waals surface area contributed by atoms with Crippen LogP contribution < -0.4 is 4.74 Å². The molecule has 0 amide bonds. The van der Waals surface area contributed by atoms with Gasteiger partial charge in [0, 0.05) is 16.7 Å². The highest BCUT2D eigenvalue weighted by Crippen LogP contribution is 2.60. The van der Waals surface area contributed by atoms with Gasteiger partial charge in [0.1, 0.15) is 18.2 Å².